The molecule has 0 saturated carbocycles. The Bertz CT molecular complexity index is 175. The highest BCUT2D eigenvalue weighted by Crippen LogP contribution is 2.46. The Balaban J connectivity index is 3.83. The minimum absolute atomic E-state index is 0.211. The summed E-state index contributed by atoms with van der Waals surface area (Å²) in [6, 6.07) is 0. The molecule has 0 saturated heterocycles. The molecule has 0 aliphatic rings. The number of rotatable bonds is 4. The van der Waals surface area contributed by atoms with Crippen molar-refractivity contribution < 1.29 is 14.0 Å². The summed E-state index contributed by atoms with van der Waals surface area (Å²) in [6.07, 6.45) is 3.48. The van der Waals surface area contributed by atoms with Gasteiger partial charge in [0.2, 0.25) is 0 Å². The molecule has 1 unspecified atom stereocenters. The third kappa shape index (κ3) is 4.35. The van der Waals surface area contributed by atoms with Crippen molar-refractivity contribution in [3.8, 4) is 0 Å². The molecule has 0 aromatic carbocycles. The molecular weight excluding hydrogens is 163 g/mol. The van der Waals surface area contributed by atoms with Crippen LogP contribution in [0.5, 0.6) is 0 Å². The molecule has 0 spiro atoms. The van der Waals surface area contributed by atoms with Crippen LogP contribution in [-0.2, 0) is 9.09 Å². The van der Waals surface area contributed by atoms with Crippen molar-refractivity contribution in [1.29, 1.82) is 0 Å². The van der Waals surface area contributed by atoms with Gasteiger partial charge in [-0.05, 0) is 6.92 Å². The average molecular weight is 178 g/mol. The lowest BCUT2D eigenvalue weighted by atomic mass is 10.6. The van der Waals surface area contributed by atoms with Crippen LogP contribution in [0.25, 0.3) is 0 Å². The second kappa shape index (κ2) is 4.70. The molecule has 3 nitrogen and oxygen atoms in total. The molecule has 0 amide bonds. The Kier molecular flexibility index (Phi) is 4.66. The predicted octanol–water partition coefficient (Wildman–Crippen LogP) is 2.17. The third-order valence-electron chi connectivity index (χ3n) is 1.24. The monoisotopic (exact) mass is 178 g/mol. The standard InChI is InChI=1S/C7H15O3P/c1-4-5-6-10-11(8,9)7(2)3/h4-5,7H,6H2,1-3H3,(H,8,9). The van der Waals surface area contributed by atoms with E-state index >= 15 is 0 Å². The van der Waals surface area contributed by atoms with Crippen LogP contribution in [0.4, 0.5) is 0 Å². The maximum absolute atomic E-state index is 11.1. The zero-order chi connectivity index (χ0) is 8.91. The molecule has 66 valence electrons. The third-order valence-corrected chi connectivity index (χ3v) is 3.07. The van der Waals surface area contributed by atoms with E-state index in [9.17, 15) is 4.57 Å². The molecule has 4 heteroatoms. The van der Waals surface area contributed by atoms with Gasteiger partial charge in [-0.1, -0.05) is 26.0 Å². The van der Waals surface area contributed by atoms with Gasteiger partial charge in [0, 0.05) is 0 Å². The summed E-state index contributed by atoms with van der Waals surface area (Å²) in [5.74, 6) is 0. The normalized spacial score (nSPS) is 17.5. The summed E-state index contributed by atoms with van der Waals surface area (Å²) in [5, 5.41) is 0. The average Bonchev–Trinajstić information content (AvgIpc) is 1.88. The lowest BCUT2D eigenvalue weighted by Crippen LogP contribution is -2.00. The van der Waals surface area contributed by atoms with Crippen LogP contribution in [0, 0.1) is 0 Å². The summed E-state index contributed by atoms with van der Waals surface area (Å²) in [6.45, 7) is 5.37. The minimum atomic E-state index is -3.35. The maximum atomic E-state index is 11.1. The molecule has 0 aliphatic carbocycles. The van der Waals surface area contributed by atoms with Crippen LogP contribution in [0.3, 0.4) is 0 Å². The minimum Gasteiger partial charge on any atom is -0.324 e. The fourth-order valence-corrected chi connectivity index (χ4v) is 0.993. The van der Waals surface area contributed by atoms with E-state index in [-0.39, 0.29) is 12.3 Å². The Morgan fingerprint density at radius 2 is 2.18 bits per heavy atom. The van der Waals surface area contributed by atoms with Crippen molar-refractivity contribution in [3.05, 3.63) is 12.2 Å². The highest BCUT2D eigenvalue weighted by Gasteiger charge is 2.23. The SMILES string of the molecule is CC=CCOP(=O)(O)C(C)C. The lowest BCUT2D eigenvalue weighted by molar-refractivity contribution is 0.280. The topological polar surface area (TPSA) is 46.5 Å². The van der Waals surface area contributed by atoms with Gasteiger partial charge in [0.25, 0.3) is 0 Å². The summed E-state index contributed by atoms with van der Waals surface area (Å²) < 4.78 is 15.8. The summed E-state index contributed by atoms with van der Waals surface area (Å²) in [7, 11) is -3.35. The van der Waals surface area contributed by atoms with Gasteiger partial charge in [-0.3, -0.25) is 4.57 Å². The molecule has 0 fully saturated rings. The molecule has 1 atom stereocenters. The highest BCUT2D eigenvalue weighted by molar-refractivity contribution is 7.53. The second-order valence-electron chi connectivity index (χ2n) is 2.52. The summed E-state index contributed by atoms with van der Waals surface area (Å²) in [5.41, 5.74) is -0.326. The first-order valence-corrected chi connectivity index (χ1v) is 5.23. The molecule has 0 radical (unpaired) electrons. The molecule has 11 heavy (non-hydrogen) atoms. The first kappa shape index (κ1) is 10.9. The van der Waals surface area contributed by atoms with Crippen LogP contribution in [0.2, 0.25) is 0 Å². The zero-order valence-corrected chi connectivity index (χ0v) is 8.04. The molecule has 0 bridgehead atoms. The van der Waals surface area contributed by atoms with Crippen LogP contribution >= 0.6 is 7.60 Å². The van der Waals surface area contributed by atoms with Crippen LogP contribution < -0.4 is 0 Å². The van der Waals surface area contributed by atoms with Gasteiger partial charge in [0.05, 0.1) is 12.3 Å². The van der Waals surface area contributed by atoms with Gasteiger partial charge in [-0.15, -0.1) is 0 Å². The van der Waals surface area contributed by atoms with E-state index in [0.717, 1.165) is 0 Å². The van der Waals surface area contributed by atoms with Gasteiger partial charge in [0.1, 0.15) is 0 Å². The van der Waals surface area contributed by atoms with Crippen molar-refractivity contribution in [3.63, 3.8) is 0 Å². The van der Waals surface area contributed by atoms with Crippen molar-refractivity contribution in [2.45, 2.75) is 26.4 Å². The lowest BCUT2D eigenvalue weighted by Gasteiger charge is -2.13. The molecule has 0 rings (SSSR count). The number of hydrogen-bond acceptors (Lipinski definition) is 2. The van der Waals surface area contributed by atoms with E-state index < -0.39 is 7.60 Å². The van der Waals surface area contributed by atoms with Crippen molar-refractivity contribution >= 4 is 7.60 Å². The molecule has 0 aromatic rings. The van der Waals surface area contributed by atoms with Gasteiger partial charge >= 0.3 is 7.60 Å². The number of hydrogen-bond donors (Lipinski definition) is 1. The van der Waals surface area contributed by atoms with Gasteiger partial charge < -0.3 is 9.42 Å². The second-order valence-corrected chi connectivity index (χ2v) is 4.94. The van der Waals surface area contributed by atoms with E-state index in [4.69, 9.17) is 9.42 Å². The Hall–Kier alpha value is -0.110. The maximum Gasteiger partial charge on any atom is 0.330 e. The Morgan fingerprint density at radius 1 is 1.64 bits per heavy atom. The first-order chi connectivity index (χ1) is 5.00. The fraction of sp³-hybridized carbons (Fsp3) is 0.714. The van der Waals surface area contributed by atoms with E-state index in [1.54, 1.807) is 26.0 Å². The first-order valence-electron chi connectivity index (χ1n) is 3.59. The zero-order valence-electron chi connectivity index (χ0n) is 7.15. The molecule has 0 heterocycles. The van der Waals surface area contributed by atoms with Crippen LogP contribution in [0.1, 0.15) is 20.8 Å². The molecule has 0 aromatic heterocycles. The molecule has 0 aliphatic heterocycles. The quantitative estimate of drug-likeness (QED) is 0.530. The van der Waals surface area contributed by atoms with E-state index in [1.165, 1.54) is 0 Å². The van der Waals surface area contributed by atoms with E-state index in [2.05, 4.69) is 0 Å². The number of allylic oxidation sites excluding steroid dienone is 1. The Morgan fingerprint density at radius 3 is 2.55 bits per heavy atom. The summed E-state index contributed by atoms with van der Waals surface area (Å²) >= 11 is 0. The van der Waals surface area contributed by atoms with E-state index in [0.29, 0.717) is 0 Å². The van der Waals surface area contributed by atoms with Gasteiger partial charge in [-0.25, -0.2) is 0 Å². The Labute approximate surface area is 67.6 Å². The molecule has 1 N–H and O–H groups in total. The van der Waals surface area contributed by atoms with E-state index in [1.807, 2.05) is 6.92 Å². The van der Waals surface area contributed by atoms with Crippen LogP contribution in [0.15, 0.2) is 12.2 Å². The van der Waals surface area contributed by atoms with Crippen molar-refractivity contribution in [1.82, 2.24) is 0 Å². The largest absolute Gasteiger partial charge is 0.330 e. The molecular formula is C7H15O3P. The highest BCUT2D eigenvalue weighted by atomic mass is 31.2. The van der Waals surface area contributed by atoms with Crippen molar-refractivity contribution in [2.75, 3.05) is 6.61 Å². The summed E-state index contributed by atoms with van der Waals surface area (Å²) in [4.78, 5) is 9.12. The smallest absolute Gasteiger partial charge is 0.324 e. The fourth-order valence-electron chi connectivity index (χ4n) is 0.395. The van der Waals surface area contributed by atoms with Gasteiger partial charge in [0.15, 0.2) is 0 Å². The predicted molar refractivity (Wildman–Crippen MR) is 45.7 cm³/mol. The van der Waals surface area contributed by atoms with Gasteiger partial charge in [-0.2, -0.15) is 0 Å². The van der Waals surface area contributed by atoms with Crippen molar-refractivity contribution in [2.24, 2.45) is 0 Å². The van der Waals surface area contributed by atoms with Crippen LogP contribution in [-0.4, -0.2) is 17.2 Å².